The van der Waals surface area contributed by atoms with Crippen LogP contribution in [0.4, 0.5) is 0 Å². The Bertz CT molecular complexity index is 218. The first-order valence-corrected chi connectivity index (χ1v) is 6.97. The summed E-state index contributed by atoms with van der Waals surface area (Å²) in [6.07, 6.45) is 3.99. The van der Waals surface area contributed by atoms with Gasteiger partial charge >= 0.3 is 0 Å². The smallest absolute Gasteiger partial charge is 0.0589 e. The molecule has 1 aliphatic rings. The average Bonchev–Trinajstić information content (AvgIpc) is 2.29. The van der Waals surface area contributed by atoms with Crippen molar-refractivity contribution in [3.63, 3.8) is 0 Å². The highest BCUT2D eigenvalue weighted by Gasteiger charge is 2.39. The van der Waals surface area contributed by atoms with Crippen molar-refractivity contribution in [2.24, 2.45) is 5.41 Å². The average molecular weight is 242 g/mol. The highest BCUT2D eigenvalue weighted by molar-refractivity contribution is 4.97. The molecular weight excluding hydrogens is 212 g/mol. The van der Waals surface area contributed by atoms with Gasteiger partial charge in [-0.2, -0.15) is 0 Å². The van der Waals surface area contributed by atoms with Crippen molar-refractivity contribution in [1.29, 1.82) is 0 Å². The van der Waals surface area contributed by atoms with Crippen LogP contribution in [0, 0.1) is 5.41 Å². The molecule has 1 aliphatic carbocycles. The van der Waals surface area contributed by atoms with E-state index in [1.807, 2.05) is 0 Å². The van der Waals surface area contributed by atoms with Gasteiger partial charge in [0.1, 0.15) is 0 Å². The Kier molecular flexibility index (Phi) is 5.90. The molecule has 0 aromatic heterocycles. The largest absolute Gasteiger partial charge is 0.383 e. The Hall–Kier alpha value is -0.120. The van der Waals surface area contributed by atoms with Gasteiger partial charge in [-0.15, -0.1) is 0 Å². The van der Waals surface area contributed by atoms with E-state index in [9.17, 15) is 0 Å². The number of hydrogen-bond acceptors (Lipinski definition) is 3. The van der Waals surface area contributed by atoms with Crippen molar-refractivity contribution in [3.8, 4) is 0 Å². The lowest BCUT2D eigenvalue weighted by Gasteiger charge is -2.48. The number of nitrogens with one attached hydrogen (secondary N) is 1. The van der Waals surface area contributed by atoms with Gasteiger partial charge in [0.05, 0.1) is 6.61 Å². The van der Waals surface area contributed by atoms with Crippen molar-refractivity contribution in [2.75, 3.05) is 33.9 Å². The number of rotatable bonds is 6. The van der Waals surface area contributed by atoms with Gasteiger partial charge in [0.2, 0.25) is 0 Å². The van der Waals surface area contributed by atoms with Crippen LogP contribution in [0.25, 0.3) is 0 Å². The standard InChI is InChI=1S/C14H30N2O/c1-6-16(10-11-17-5)12-8-7-9-14(2,3)13(12)15-4/h12-13,15H,6-11H2,1-5H3. The second-order valence-corrected chi connectivity index (χ2v) is 5.84. The Morgan fingerprint density at radius 1 is 1.41 bits per heavy atom. The van der Waals surface area contributed by atoms with E-state index in [4.69, 9.17) is 4.74 Å². The van der Waals surface area contributed by atoms with Crippen LogP contribution in [0.3, 0.4) is 0 Å². The first-order valence-electron chi connectivity index (χ1n) is 6.97. The number of nitrogens with zero attached hydrogens (tertiary/aromatic N) is 1. The van der Waals surface area contributed by atoms with Gasteiger partial charge in [0.15, 0.2) is 0 Å². The summed E-state index contributed by atoms with van der Waals surface area (Å²) < 4.78 is 5.22. The lowest BCUT2D eigenvalue weighted by atomic mass is 9.70. The van der Waals surface area contributed by atoms with E-state index in [0.29, 0.717) is 17.5 Å². The summed E-state index contributed by atoms with van der Waals surface area (Å²) in [6.45, 7) is 10.0. The third-order valence-electron chi connectivity index (χ3n) is 4.32. The number of ether oxygens (including phenoxy) is 1. The van der Waals surface area contributed by atoms with Gasteiger partial charge in [-0.05, 0) is 31.8 Å². The Balaban J connectivity index is 2.70. The van der Waals surface area contributed by atoms with E-state index in [2.05, 4.69) is 38.0 Å². The van der Waals surface area contributed by atoms with Crippen LogP contribution in [0.5, 0.6) is 0 Å². The molecule has 102 valence electrons. The second-order valence-electron chi connectivity index (χ2n) is 5.84. The molecule has 0 saturated heterocycles. The quantitative estimate of drug-likeness (QED) is 0.772. The minimum atomic E-state index is 0.401. The lowest BCUT2D eigenvalue weighted by Crippen LogP contribution is -2.58. The Morgan fingerprint density at radius 3 is 2.65 bits per heavy atom. The first kappa shape index (κ1) is 14.9. The molecule has 0 aliphatic heterocycles. The van der Waals surface area contributed by atoms with Gasteiger partial charge in [0, 0.05) is 25.7 Å². The number of hydrogen-bond donors (Lipinski definition) is 1. The van der Waals surface area contributed by atoms with Crippen LogP contribution in [-0.2, 0) is 4.74 Å². The molecule has 0 bridgehead atoms. The monoisotopic (exact) mass is 242 g/mol. The molecule has 1 fully saturated rings. The predicted molar refractivity (Wildman–Crippen MR) is 73.4 cm³/mol. The molecular formula is C14H30N2O. The molecule has 17 heavy (non-hydrogen) atoms. The fraction of sp³-hybridized carbons (Fsp3) is 1.00. The zero-order valence-electron chi connectivity index (χ0n) is 12.3. The van der Waals surface area contributed by atoms with Crippen molar-refractivity contribution >= 4 is 0 Å². The topological polar surface area (TPSA) is 24.5 Å². The van der Waals surface area contributed by atoms with Gasteiger partial charge in [-0.1, -0.05) is 27.2 Å². The molecule has 1 rings (SSSR count). The summed E-state index contributed by atoms with van der Waals surface area (Å²) in [7, 11) is 3.89. The fourth-order valence-corrected chi connectivity index (χ4v) is 3.35. The van der Waals surface area contributed by atoms with E-state index in [-0.39, 0.29) is 0 Å². The Morgan fingerprint density at radius 2 is 2.12 bits per heavy atom. The summed E-state index contributed by atoms with van der Waals surface area (Å²) in [4.78, 5) is 2.57. The minimum Gasteiger partial charge on any atom is -0.383 e. The van der Waals surface area contributed by atoms with E-state index < -0.39 is 0 Å². The summed E-state index contributed by atoms with van der Waals surface area (Å²) in [6, 6.07) is 1.25. The Labute approximate surface area is 107 Å². The van der Waals surface area contributed by atoms with Gasteiger partial charge in [-0.25, -0.2) is 0 Å². The minimum absolute atomic E-state index is 0.401. The molecule has 3 nitrogen and oxygen atoms in total. The van der Waals surface area contributed by atoms with Crippen molar-refractivity contribution in [2.45, 2.75) is 52.1 Å². The number of likely N-dealkylation sites (N-methyl/N-ethyl adjacent to an activating group) is 2. The molecule has 0 spiro atoms. The fourth-order valence-electron chi connectivity index (χ4n) is 3.35. The number of methoxy groups -OCH3 is 1. The van der Waals surface area contributed by atoms with E-state index in [0.717, 1.165) is 19.7 Å². The maximum atomic E-state index is 5.22. The summed E-state index contributed by atoms with van der Waals surface area (Å²) in [5.74, 6) is 0. The zero-order chi connectivity index (χ0) is 12.9. The zero-order valence-corrected chi connectivity index (χ0v) is 12.3. The molecule has 0 aromatic rings. The van der Waals surface area contributed by atoms with Crippen molar-refractivity contribution in [3.05, 3.63) is 0 Å². The molecule has 1 saturated carbocycles. The molecule has 0 amide bonds. The van der Waals surface area contributed by atoms with E-state index >= 15 is 0 Å². The normalized spacial score (nSPS) is 28.6. The molecule has 0 heterocycles. The maximum absolute atomic E-state index is 5.22. The van der Waals surface area contributed by atoms with Gasteiger partial charge < -0.3 is 10.1 Å². The predicted octanol–water partition coefficient (Wildman–Crippen LogP) is 2.12. The van der Waals surface area contributed by atoms with E-state index in [1.54, 1.807) is 7.11 Å². The second kappa shape index (κ2) is 6.72. The molecule has 2 unspecified atom stereocenters. The summed E-state index contributed by atoms with van der Waals surface area (Å²) in [5, 5.41) is 3.55. The van der Waals surface area contributed by atoms with Crippen LogP contribution in [0.15, 0.2) is 0 Å². The highest BCUT2D eigenvalue weighted by atomic mass is 16.5. The third-order valence-corrected chi connectivity index (χ3v) is 4.32. The third kappa shape index (κ3) is 3.67. The molecule has 3 heteroatoms. The lowest BCUT2D eigenvalue weighted by molar-refractivity contribution is 0.0393. The first-order chi connectivity index (χ1) is 8.06. The SMILES string of the molecule is CCN(CCOC)C1CCCC(C)(C)C1NC. The molecule has 1 N–H and O–H groups in total. The van der Waals surface area contributed by atoms with E-state index in [1.165, 1.54) is 19.3 Å². The van der Waals surface area contributed by atoms with Crippen molar-refractivity contribution in [1.82, 2.24) is 10.2 Å². The highest BCUT2D eigenvalue weighted by Crippen LogP contribution is 2.37. The van der Waals surface area contributed by atoms with Crippen LogP contribution >= 0.6 is 0 Å². The van der Waals surface area contributed by atoms with Crippen LogP contribution < -0.4 is 5.32 Å². The summed E-state index contributed by atoms with van der Waals surface area (Å²) >= 11 is 0. The molecule has 2 atom stereocenters. The summed E-state index contributed by atoms with van der Waals surface area (Å²) in [5.41, 5.74) is 0.401. The van der Waals surface area contributed by atoms with Crippen LogP contribution in [0.2, 0.25) is 0 Å². The van der Waals surface area contributed by atoms with Crippen LogP contribution in [0.1, 0.15) is 40.0 Å². The molecule has 0 radical (unpaired) electrons. The molecule has 0 aromatic carbocycles. The maximum Gasteiger partial charge on any atom is 0.0589 e. The van der Waals surface area contributed by atoms with Crippen LogP contribution in [-0.4, -0.2) is 50.8 Å². The van der Waals surface area contributed by atoms with Gasteiger partial charge in [-0.3, -0.25) is 4.90 Å². The van der Waals surface area contributed by atoms with Crippen molar-refractivity contribution < 1.29 is 4.74 Å². The van der Waals surface area contributed by atoms with Gasteiger partial charge in [0.25, 0.3) is 0 Å².